The fourth-order valence-electron chi connectivity index (χ4n) is 2.35. The van der Waals surface area contributed by atoms with Crippen molar-refractivity contribution in [1.82, 2.24) is 4.90 Å². The summed E-state index contributed by atoms with van der Waals surface area (Å²) in [6, 6.07) is 0. The van der Waals surface area contributed by atoms with Gasteiger partial charge in [-0.15, -0.1) is 0 Å². The van der Waals surface area contributed by atoms with Gasteiger partial charge in [-0.2, -0.15) is 0 Å². The van der Waals surface area contributed by atoms with Crippen LogP contribution >= 0.6 is 0 Å². The highest BCUT2D eigenvalue weighted by Crippen LogP contribution is 2.08. The van der Waals surface area contributed by atoms with Crippen molar-refractivity contribution in [2.24, 2.45) is 0 Å². The van der Waals surface area contributed by atoms with Gasteiger partial charge in [0.15, 0.2) is 0 Å². The first-order valence-corrected chi connectivity index (χ1v) is 7.31. The third-order valence-corrected chi connectivity index (χ3v) is 3.45. The van der Waals surface area contributed by atoms with Crippen LogP contribution < -0.4 is 0 Å². The molecule has 0 N–H and O–H groups in total. The van der Waals surface area contributed by atoms with E-state index in [-0.39, 0.29) is 0 Å². The van der Waals surface area contributed by atoms with Crippen LogP contribution in [0.1, 0.15) is 64.7 Å². The van der Waals surface area contributed by atoms with E-state index in [9.17, 15) is 0 Å². The number of likely N-dealkylation sites (tertiary alicyclic amines) is 1. The van der Waals surface area contributed by atoms with Gasteiger partial charge in [0.05, 0.1) is 0 Å². The molecular formula is C15H29N. The quantitative estimate of drug-likeness (QED) is 0.436. The lowest BCUT2D eigenvalue weighted by Crippen LogP contribution is -2.29. The Morgan fingerprint density at radius 1 is 0.875 bits per heavy atom. The molecule has 0 amide bonds. The second-order valence-electron chi connectivity index (χ2n) is 5.04. The lowest BCUT2D eigenvalue weighted by atomic mass is 10.1. The zero-order valence-corrected chi connectivity index (χ0v) is 11.1. The lowest BCUT2D eigenvalue weighted by molar-refractivity contribution is 0.251. The Morgan fingerprint density at radius 2 is 1.62 bits per heavy atom. The van der Waals surface area contributed by atoms with E-state index in [1.807, 2.05) is 0 Å². The van der Waals surface area contributed by atoms with Gasteiger partial charge in [0.1, 0.15) is 0 Å². The molecule has 1 heterocycles. The molecule has 1 aliphatic heterocycles. The van der Waals surface area contributed by atoms with Crippen LogP contribution in [0.15, 0.2) is 12.2 Å². The molecule has 0 aromatic rings. The summed E-state index contributed by atoms with van der Waals surface area (Å²) >= 11 is 0. The first-order chi connectivity index (χ1) is 7.93. The van der Waals surface area contributed by atoms with Gasteiger partial charge >= 0.3 is 0 Å². The van der Waals surface area contributed by atoms with Crippen LogP contribution in [0.2, 0.25) is 0 Å². The van der Waals surface area contributed by atoms with Crippen LogP contribution in [0.25, 0.3) is 0 Å². The second-order valence-corrected chi connectivity index (χ2v) is 5.04. The maximum Gasteiger partial charge on any atom is 0.0163 e. The Hall–Kier alpha value is -0.300. The lowest BCUT2D eigenvalue weighted by Gasteiger charge is -2.24. The summed E-state index contributed by atoms with van der Waals surface area (Å²) in [7, 11) is 0. The molecule has 0 aromatic carbocycles. The van der Waals surface area contributed by atoms with E-state index in [1.54, 1.807) is 0 Å². The van der Waals surface area contributed by atoms with Crippen molar-refractivity contribution < 1.29 is 0 Å². The van der Waals surface area contributed by atoms with E-state index >= 15 is 0 Å². The Morgan fingerprint density at radius 3 is 2.38 bits per heavy atom. The minimum Gasteiger partial charge on any atom is -0.300 e. The molecule has 1 aliphatic rings. The van der Waals surface area contributed by atoms with Gasteiger partial charge in [0.2, 0.25) is 0 Å². The van der Waals surface area contributed by atoms with Gasteiger partial charge in [-0.1, -0.05) is 51.2 Å². The van der Waals surface area contributed by atoms with Gasteiger partial charge in [0.25, 0.3) is 0 Å². The number of rotatable bonds is 8. The van der Waals surface area contributed by atoms with Crippen LogP contribution in [0.5, 0.6) is 0 Å². The molecule has 0 unspecified atom stereocenters. The van der Waals surface area contributed by atoms with Crippen molar-refractivity contribution in [1.29, 1.82) is 0 Å². The molecule has 0 aliphatic carbocycles. The highest BCUT2D eigenvalue weighted by molar-refractivity contribution is 4.85. The summed E-state index contributed by atoms with van der Waals surface area (Å²) in [5.41, 5.74) is 0. The van der Waals surface area contributed by atoms with Gasteiger partial charge in [0, 0.05) is 6.54 Å². The number of allylic oxidation sites excluding steroid dienone is 1. The molecule has 0 atom stereocenters. The van der Waals surface area contributed by atoms with E-state index in [2.05, 4.69) is 24.0 Å². The SMILES string of the molecule is CCCCCCC/C=C\CN1CCCCC1. The average Bonchev–Trinajstić information content (AvgIpc) is 2.34. The molecule has 1 rings (SSSR count). The molecule has 1 fully saturated rings. The fraction of sp³-hybridized carbons (Fsp3) is 0.867. The second kappa shape index (κ2) is 9.89. The first kappa shape index (κ1) is 13.8. The minimum absolute atomic E-state index is 1.19. The highest BCUT2D eigenvalue weighted by Gasteiger charge is 2.06. The molecule has 0 saturated carbocycles. The van der Waals surface area contributed by atoms with E-state index in [0.29, 0.717) is 0 Å². The zero-order chi connectivity index (χ0) is 11.5. The number of hydrogen-bond donors (Lipinski definition) is 0. The predicted molar refractivity (Wildman–Crippen MR) is 72.8 cm³/mol. The number of nitrogens with zero attached hydrogens (tertiary/aromatic N) is 1. The zero-order valence-electron chi connectivity index (χ0n) is 11.1. The van der Waals surface area contributed by atoms with E-state index in [4.69, 9.17) is 0 Å². The molecule has 16 heavy (non-hydrogen) atoms. The average molecular weight is 223 g/mol. The topological polar surface area (TPSA) is 3.24 Å². The largest absolute Gasteiger partial charge is 0.300 e. The fourth-order valence-corrected chi connectivity index (χ4v) is 2.35. The summed E-state index contributed by atoms with van der Waals surface area (Å²) in [5, 5.41) is 0. The number of unbranched alkanes of at least 4 members (excludes halogenated alkanes) is 5. The monoisotopic (exact) mass is 223 g/mol. The van der Waals surface area contributed by atoms with E-state index in [0.717, 1.165) is 0 Å². The summed E-state index contributed by atoms with van der Waals surface area (Å²) in [6.45, 7) is 6.11. The Bertz CT molecular complexity index is 168. The molecule has 94 valence electrons. The van der Waals surface area contributed by atoms with Crippen molar-refractivity contribution >= 4 is 0 Å². The van der Waals surface area contributed by atoms with Gasteiger partial charge in [-0.25, -0.2) is 0 Å². The minimum atomic E-state index is 1.19. The van der Waals surface area contributed by atoms with Crippen LogP contribution in [0.4, 0.5) is 0 Å². The van der Waals surface area contributed by atoms with Crippen molar-refractivity contribution in [3.63, 3.8) is 0 Å². The number of piperidine rings is 1. The maximum atomic E-state index is 2.58. The highest BCUT2D eigenvalue weighted by atomic mass is 15.1. The Labute approximate surface area is 102 Å². The van der Waals surface area contributed by atoms with Crippen LogP contribution in [0, 0.1) is 0 Å². The standard InChI is InChI=1S/C15H29N/c1-2-3-4-5-6-7-8-10-13-16-14-11-9-12-15-16/h8,10H,2-7,9,11-15H2,1H3/b10-8-. The van der Waals surface area contributed by atoms with Gasteiger partial charge in [-0.3, -0.25) is 4.90 Å². The van der Waals surface area contributed by atoms with Crippen molar-refractivity contribution in [2.75, 3.05) is 19.6 Å². The Balaban J connectivity index is 1.87. The van der Waals surface area contributed by atoms with Crippen LogP contribution in [0.3, 0.4) is 0 Å². The van der Waals surface area contributed by atoms with Crippen molar-refractivity contribution in [3.05, 3.63) is 12.2 Å². The van der Waals surface area contributed by atoms with Crippen LogP contribution in [-0.2, 0) is 0 Å². The predicted octanol–water partition coefficient (Wildman–Crippen LogP) is 4.39. The van der Waals surface area contributed by atoms with Crippen molar-refractivity contribution in [3.8, 4) is 0 Å². The van der Waals surface area contributed by atoms with Crippen molar-refractivity contribution in [2.45, 2.75) is 64.7 Å². The van der Waals surface area contributed by atoms with E-state index in [1.165, 1.54) is 77.4 Å². The van der Waals surface area contributed by atoms with Crippen LogP contribution in [-0.4, -0.2) is 24.5 Å². The molecule has 1 nitrogen and oxygen atoms in total. The van der Waals surface area contributed by atoms with E-state index < -0.39 is 0 Å². The smallest absolute Gasteiger partial charge is 0.0163 e. The number of hydrogen-bond acceptors (Lipinski definition) is 1. The molecule has 0 radical (unpaired) electrons. The normalized spacial score (nSPS) is 18.3. The Kier molecular flexibility index (Phi) is 8.51. The molecule has 0 aromatic heterocycles. The summed E-state index contributed by atoms with van der Waals surface area (Å²) in [4.78, 5) is 2.58. The molecule has 0 bridgehead atoms. The van der Waals surface area contributed by atoms with Gasteiger partial charge in [-0.05, 0) is 38.8 Å². The first-order valence-electron chi connectivity index (χ1n) is 7.31. The van der Waals surface area contributed by atoms with Gasteiger partial charge < -0.3 is 0 Å². The molecule has 0 spiro atoms. The summed E-state index contributed by atoms with van der Waals surface area (Å²) in [5.74, 6) is 0. The third-order valence-electron chi connectivity index (χ3n) is 3.45. The summed E-state index contributed by atoms with van der Waals surface area (Å²) in [6.07, 6.45) is 17.3. The molecule has 1 heteroatoms. The maximum absolute atomic E-state index is 2.58. The molecular weight excluding hydrogens is 194 g/mol. The third kappa shape index (κ3) is 7.05. The molecule has 1 saturated heterocycles. The summed E-state index contributed by atoms with van der Waals surface area (Å²) < 4.78 is 0.